The molecular formula is C17H25FN2O. The van der Waals surface area contributed by atoms with Gasteiger partial charge in [-0.25, -0.2) is 4.39 Å². The lowest BCUT2D eigenvalue weighted by atomic mass is 9.97. The maximum absolute atomic E-state index is 13.1. The molecule has 0 aliphatic carbocycles. The molecule has 0 radical (unpaired) electrons. The van der Waals surface area contributed by atoms with Gasteiger partial charge in [0.2, 0.25) is 5.91 Å². The average Bonchev–Trinajstić information content (AvgIpc) is 2.48. The molecule has 0 saturated carbocycles. The van der Waals surface area contributed by atoms with Crippen LogP contribution < -0.4 is 5.32 Å². The van der Waals surface area contributed by atoms with E-state index in [2.05, 4.69) is 12.2 Å². The van der Waals surface area contributed by atoms with Crippen LogP contribution in [0.3, 0.4) is 0 Å². The average molecular weight is 292 g/mol. The molecule has 1 amide bonds. The van der Waals surface area contributed by atoms with E-state index in [-0.39, 0.29) is 17.8 Å². The highest BCUT2D eigenvalue weighted by atomic mass is 19.1. The van der Waals surface area contributed by atoms with Crippen molar-refractivity contribution in [2.75, 3.05) is 13.6 Å². The van der Waals surface area contributed by atoms with Gasteiger partial charge in [0.15, 0.2) is 0 Å². The summed E-state index contributed by atoms with van der Waals surface area (Å²) in [6, 6.07) is 7.32. The molecule has 2 rings (SSSR count). The number of amides is 1. The Morgan fingerprint density at radius 3 is 2.71 bits per heavy atom. The van der Waals surface area contributed by atoms with Crippen LogP contribution in [0.5, 0.6) is 0 Å². The second kappa shape index (κ2) is 7.55. The molecule has 0 bridgehead atoms. The lowest BCUT2D eigenvalue weighted by molar-refractivity contribution is -0.132. The zero-order valence-corrected chi connectivity index (χ0v) is 12.9. The van der Waals surface area contributed by atoms with Crippen LogP contribution in [0.2, 0.25) is 0 Å². The van der Waals surface area contributed by atoms with Gasteiger partial charge in [-0.05, 0) is 30.5 Å². The summed E-state index contributed by atoms with van der Waals surface area (Å²) >= 11 is 0. The number of carbonyl (C=O) groups is 1. The number of rotatable bonds is 6. The minimum Gasteiger partial charge on any atom is -0.344 e. The van der Waals surface area contributed by atoms with Gasteiger partial charge in [0.05, 0.1) is 0 Å². The molecule has 2 unspecified atom stereocenters. The van der Waals surface area contributed by atoms with Crippen molar-refractivity contribution < 1.29 is 9.18 Å². The van der Waals surface area contributed by atoms with E-state index in [4.69, 9.17) is 0 Å². The van der Waals surface area contributed by atoms with Crippen LogP contribution in [-0.2, 0) is 4.79 Å². The predicted molar refractivity (Wildman–Crippen MR) is 82.5 cm³/mol. The van der Waals surface area contributed by atoms with E-state index in [9.17, 15) is 9.18 Å². The Morgan fingerprint density at radius 1 is 1.38 bits per heavy atom. The number of nitrogens with zero attached hydrogens (tertiary/aromatic N) is 1. The molecule has 1 aliphatic heterocycles. The molecule has 0 spiro atoms. The first-order chi connectivity index (χ1) is 10.1. The monoisotopic (exact) mass is 292 g/mol. The summed E-state index contributed by atoms with van der Waals surface area (Å²) < 4.78 is 13.1. The SMILES string of the molecule is CCCCC(NC1CCC(=O)N(C)C1)c1ccc(F)cc1. The summed E-state index contributed by atoms with van der Waals surface area (Å²) in [5.74, 6) is 0.0240. The van der Waals surface area contributed by atoms with E-state index >= 15 is 0 Å². The third-order valence-electron chi connectivity index (χ3n) is 4.18. The number of likely N-dealkylation sites (N-methyl/N-ethyl adjacent to an activating group) is 1. The van der Waals surface area contributed by atoms with Crippen LogP contribution >= 0.6 is 0 Å². The number of halogens is 1. The molecule has 0 aromatic heterocycles. The Morgan fingerprint density at radius 2 is 2.10 bits per heavy atom. The summed E-state index contributed by atoms with van der Waals surface area (Å²) in [6.45, 7) is 2.93. The summed E-state index contributed by atoms with van der Waals surface area (Å²) in [4.78, 5) is 13.4. The van der Waals surface area contributed by atoms with E-state index < -0.39 is 0 Å². The van der Waals surface area contributed by atoms with Crippen molar-refractivity contribution in [3.05, 3.63) is 35.6 Å². The molecule has 1 fully saturated rings. The van der Waals surface area contributed by atoms with Crippen LogP contribution in [0, 0.1) is 5.82 Å². The Hall–Kier alpha value is -1.42. The van der Waals surface area contributed by atoms with Crippen molar-refractivity contribution in [1.29, 1.82) is 0 Å². The Bertz CT molecular complexity index is 460. The minimum absolute atomic E-state index is 0.198. The highest BCUT2D eigenvalue weighted by Gasteiger charge is 2.25. The number of hydrogen-bond acceptors (Lipinski definition) is 2. The molecule has 1 N–H and O–H groups in total. The van der Waals surface area contributed by atoms with E-state index in [0.717, 1.165) is 37.8 Å². The number of likely N-dealkylation sites (tertiary alicyclic amines) is 1. The van der Waals surface area contributed by atoms with Gasteiger partial charge in [0, 0.05) is 32.1 Å². The van der Waals surface area contributed by atoms with Gasteiger partial charge in [-0.1, -0.05) is 31.9 Å². The van der Waals surface area contributed by atoms with Crippen LogP contribution in [0.4, 0.5) is 4.39 Å². The number of unbranched alkanes of at least 4 members (excludes halogenated alkanes) is 1. The van der Waals surface area contributed by atoms with Gasteiger partial charge in [0.25, 0.3) is 0 Å². The maximum atomic E-state index is 13.1. The Labute approximate surface area is 126 Å². The van der Waals surface area contributed by atoms with E-state index in [1.54, 1.807) is 4.90 Å². The van der Waals surface area contributed by atoms with Gasteiger partial charge in [-0.3, -0.25) is 4.79 Å². The van der Waals surface area contributed by atoms with Crippen LogP contribution in [0.15, 0.2) is 24.3 Å². The third kappa shape index (κ3) is 4.53. The van der Waals surface area contributed by atoms with E-state index in [1.807, 2.05) is 19.2 Å². The zero-order valence-electron chi connectivity index (χ0n) is 12.9. The lowest BCUT2D eigenvalue weighted by Crippen LogP contribution is -2.47. The first-order valence-electron chi connectivity index (χ1n) is 7.85. The second-order valence-electron chi connectivity index (χ2n) is 5.92. The maximum Gasteiger partial charge on any atom is 0.222 e. The molecule has 1 saturated heterocycles. The highest BCUT2D eigenvalue weighted by molar-refractivity contribution is 5.76. The molecule has 116 valence electrons. The molecule has 1 aromatic carbocycles. The molecule has 1 heterocycles. The first-order valence-corrected chi connectivity index (χ1v) is 7.85. The molecule has 4 heteroatoms. The summed E-state index contributed by atoms with van der Waals surface area (Å²) in [7, 11) is 1.86. The topological polar surface area (TPSA) is 32.3 Å². The summed E-state index contributed by atoms with van der Waals surface area (Å²) in [5.41, 5.74) is 1.13. The van der Waals surface area contributed by atoms with Crippen molar-refractivity contribution in [3.63, 3.8) is 0 Å². The molecule has 3 nitrogen and oxygen atoms in total. The van der Waals surface area contributed by atoms with Gasteiger partial charge >= 0.3 is 0 Å². The fourth-order valence-electron chi connectivity index (χ4n) is 2.88. The van der Waals surface area contributed by atoms with Crippen LogP contribution in [0.25, 0.3) is 0 Å². The van der Waals surface area contributed by atoms with Crippen molar-refractivity contribution in [2.24, 2.45) is 0 Å². The minimum atomic E-state index is -0.198. The van der Waals surface area contributed by atoms with Crippen molar-refractivity contribution in [3.8, 4) is 0 Å². The van der Waals surface area contributed by atoms with E-state index in [1.165, 1.54) is 12.1 Å². The van der Waals surface area contributed by atoms with Gasteiger partial charge in [-0.15, -0.1) is 0 Å². The number of nitrogens with one attached hydrogen (secondary N) is 1. The lowest BCUT2D eigenvalue weighted by Gasteiger charge is -2.33. The number of benzene rings is 1. The Kier molecular flexibility index (Phi) is 5.74. The fourth-order valence-corrected chi connectivity index (χ4v) is 2.88. The molecular weight excluding hydrogens is 267 g/mol. The predicted octanol–water partition coefficient (Wildman–Crippen LogP) is 3.27. The van der Waals surface area contributed by atoms with Gasteiger partial charge in [-0.2, -0.15) is 0 Å². The van der Waals surface area contributed by atoms with Crippen molar-refractivity contribution in [2.45, 2.75) is 51.1 Å². The second-order valence-corrected chi connectivity index (χ2v) is 5.92. The molecule has 2 atom stereocenters. The molecule has 1 aromatic rings. The summed E-state index contributed by atoms with van der Waals surface area (Å²) in [6.07, 6.45) is 4.81. The van der Waals surface area contributed by atoms with Gasteiger partial charge < -0.3 is 10.2 Å². The van der Waals surface area contributed by atoms with E-state index in [0.29, 0.717) is 12.5 Å². The highest BCUT2D eigenvalue weighted by Crippen LogP contribution is 2.22. The Balaban J connectivity index is 2.02. The fraction of sp³-hybridized carbons (Fsp3) is 0.588. The summed E-state index contributed by atoms with van der Waals surface area (Å²) in [5, 5.41) is 3.66. The zero-order chi connectivity index (χ0) is 15.2. The number of piperidine rings is 1. The smallest absolute Gasteiger partial charge is 0.222 e. The standard InChI is InChI=1S/C17H25FN2O/c1-3-4-5-16(13-6-8-14(18)9-7-13)19-15-10-11-17(21)20(2)12-15/h6-9,15-16,19H,3-5,10-12H2,1-2H3. The van der Waals surface area contributed by atoms with Crippen molar-refractivity contribution in [1.82, 2.24) is 10.2 Å². The third-order valence-corrected chi connectivity index (χ3v) is 4.18. The van der Waals surface area contributed by atoms with Crippen molar-refractivity contribution >= 4 is 5.91 Å². The number of hydrogen-bond donors (Lipinski definition) is 1. The quantitative estimate of drug-likeness (QED) is 0.873. The van der Waals surface area contributed by atoms with Crippen LogP contribution in [-0.4, -0.2) is 30.4 Å². The van der Waals surface area contributed by atoms with Gasteiger partial charge in [0.1, 0.15) is 5.82 Å². The molecule has 21 heavy (non-hydrogen) atoms. The van der Waals surface area contributed by atoms with Crippen LogP contribution in [0.1, 0.15) is 50.6 Å². The normalized spacial score (nSPS) is 20.6. The first kappa shape index (κ1) is 16.0. The number of carbonyl (C=O) groups excluding carboxylic acids is 1. The largest absolute Gasteiger partial charge is 0.344 e. The molecule has 1 aliphatic rings.